The third kappa shape index (κ3) is 9.86. The maximum Gasteiger partial charge on any atom is 0.328 e. The molecule has 4 atom stereocenters. The molecule has 1 aliphatic carbocycles. The molecule has 0 saturated heterocycles. The van der Waals surface area contributed by atoms with Crippen LogP contribution in [-0.2, 0) is 19.0 Å². The summed E-state index contributed by atoms with van der Waals surface area (Å²) >= 11 is 1.62. The second-order valence-corrected chi connectivity index (χ2v) is 12.3. The molecule has 1 amide bonds. The molecule has 1 aliphatic rings. The van der Waals surface area contributed by atoms with Gasteiger partial charge < -0.3 is 19.5 Å². The molecule has 7 heteroatoms. The van der Waals surface area contributed by atoms with Crippen molar-refractivity contribution in [3.8, 4) is 11.1 Å². The third-order valence-corrected chi connectivity index (χ3v) is 8.72. The van der Waals surface area contributed by atoms with E-state index < -0.39 is 18.3 Å². The van der Waals surface area contributed by atoms with E-state index in [0.29, 0.717) is 17.9 Å². The Labute approximate surface area is 251 Å². The molecule has 1 N–H and O–H groups in total. The highest BCUT2D eigenvalue weighted by Crippen LogP contribution is 2.34. The van der Waals surface area contributed by atoms with Crippen LogP contribution in [0.25, 0.3) is 11.1 Å². The summed E-state index contributed by atoms with van der Waals surface area (Å²) in [5.74, 6) is 0.681. The molecule has 3 unspecified atom stereocenters. The Kier molecular flexibility index (Phi) is 13.7. The number of rotatable bonds is 15. The van der Waals surface area contributed by atoms with E-state index in [1.165, 1.54) is 39.2 Å². The first kappa shape index (κ1) is 33.2. The summed E-state index contributed by atoms with van der Waals surface area (Å²) < 4.78 is 18.0. The lowest BCUT2D eigenvalue weighted by Crippen LogP contribution is -2.42. The summed E-state index contributed by atoms with van der Waals surface area (Å²) in [4.78, 5) is 26.1. The van der Waals surface area contributed by atoms with E-state index in [1.54, 1.807) is 11.8 Å². The van der Waals surface area contributed by atoms with Crippen molar-refractivity contribution in [1.82, 2.24) is 5.32 Å². The number of nitrogens with one attached hydrogen (secondary N) is 1. The van der Waals surface area contributed by atoms with Gasteiger partial charge in [0, 0.05) is 11.1 Å². The van der Waals surface area contributed by atoms with Crippen LogP contribution < -0.4 is 5.32 Å². The lowest BCUT2D eigenvalue weighted by atomic mass is 9.85. The Morgan fingerprint density at radius 1 is 1.00 bits per heavy atom. The molecule has 226 valence electrons. The quantitative estimate of drug-likeness (QED) is 0.170. The number of aryl methyl sites for hydroxylation is 1. The first-order valence-electron chi connectivity index (χ1n) is 15.2. The van der Waals surface area contributed by atoms with Gasteiger partial charge in [0.25, 0.3) is 5.91 Å². The number of esters is 1. The number of carbonyl (C=O) groups is 2. The van der Waals surface area contributed by atoms with Crippen molar-refractivity contribution in [2.75, 3.05) is 19.1 Å². The maximum absolute atomic E-state index is 13.7. The van der Waals surface area contributed by atoms with E-state index in [4.69, 9.17) is 14.2 Å². The summed E-state index contributed by atoms with van der Waals surface area (Å²) in [5, 5.41) is 2.93. The highest BCUT2D eigenvalue weighted by atomic mass is 32.2. The normalized spacial score (nSPS) is 16.9. The minimum Gasteiger partial charge on any atom is -0.467 e. The molecule has 0 heterocycles. The lowest BCUT2D eigenvalue weighted by molar-refractivity contribution is -0.196. The molecule has 0 bridgehead atoms. The van der Waals surface area contributed by atoms with E-state index in [2.05, 4.69) is 26.1 Å². The van der Waals surface area contributed by atoms with Crippen LogP contribution in [0.4, 0.5) is 0 Å². The Hall–Kier alpha value is -2.35. The molecule has 1 saturated carbocycles. The standard InChI is InChI=1S/C34H49NO5S/c1-7-24(3)39-34(40-25(4)21-26-14-9-8-10-15-26)27-17-18-29(30(22-27)28-16-12-11-13-23(28)2)32(36)35-31(19-20-41-6)33(37)38-5/h11-13,16-18,22,24-26,31,34H,7-10,14-15,19-21H2,1-6H3,(H,35,36)/t24?,25?,31-,34?/m0/s1. The number of hydrogen-bond acceptors (Lipinski definition) is 6. The topological polar surface area (TPSA) is 73.9 Å². The fraction of sp³-hybridized carbons (Fsp3) is 0.588. The highest BCUT2D eigenvalue weighted by Gasteiger charge is 2.27. The minimum atomic E-state index is -0.713. The molecule has 41 heavy (non-hydrogen) atoms. The molecule has 0 aromatic heterocycles. The predicted octanol–water partition coefficient (Wildman–Crippen LogP) is 7.88. The minimum absolute atomic E-state index is 0.0176. The molecular formula is C34H49NO5S. The Bertz CT molecular complexity index is 1120. The van der Waals surface area contributed by atoms with E-state index >= 15 is 0 Å². The molecule has 1 fully saturated rings. The van der Waals surface area contributed by atoms with Gasteiger partial charge in [-0.1, -0.05) is 69.4 Å². The van der Waals surface area contributed by atoms with Crippen molar-refractivity contribution < 1.29 is 23.8 Å². The van der Waals surface area contributed by atoms with E-state index in [9.17, 15) is 9.59 Å². The van der Waals surface area contributed by atoms with Gasteiger partial charge in [0.1, 0.15) is 6.04 Å². The van der Waals surface area contributed by atoms with Crippen molar-refractivity contribution >= 4 is 23.6 Å². The lowest BCUT2D eigenvalue weighted by Gasteiger charge is -2.29. The van der Waals surface area contributed by atoms with Crippen molar-refractivity contribution in [3.63, 3.8) is 0 Å². The number of ether oxygens (including phenoxy) is 3. The van der Waals surface area contributed by atoms with Gasteiger partial charge >= 0.3 is 5.97 Å². The molecule has 2 aromatic rings. The van der Waals surface area contributed by atoms with Crippen LogP contribution in [0.2, 0.25) is 0 Å². The van der Waals surface area contributed by atoms with Crippen molar-refractivity contribution in [2.24, 2.45) is 5.92 Å². The fourth-order valence-corrected chi connectivity index (χ4v) is 5.99. The van der Waals surface area contributed by atoms with Gasteiger partial charge in [-0.3, -0.25) is 4.79 Å². The average Bonchev–Trinajstić information content (AvgIpc) is 2.98. The third-order valence-electron chi connectivity index (χ3n) is 8.07. The summed E-state index contributed by atoms with van der Waals surface area (Å²) in [6.45, 7) is 8.35. The van der Waals surface area contributed by atoms with Gasteiger partial charge in [-0.25, -0.2) is 4.79 Å². The Morgan fingerprint density at radius 3 is 2.37 bits per heavy atom. The predicted molar refractivity (Wildman–Crippen MR) is 168 cm³/mol. The molecule has 3 rings (SSSR count). The first-order chi connectivity index (χ1) is 19.8. The second-order valence-electron chi connectivity index (χ2n) is 11.3. The fourth-order valence-electron chi connectivity index (χ4n) is 5.52. The van der Waals surface area contributed by atoms with Crippen LogP contribution in [-0.4, -0.2) is 49.2 Å². The van der Waals surface area contributed by atoms with Gasteiger partial charge in [-0.2, -0.15) is 11.8 Å². The second kappa shape index (κ2) is 16.9. The SMILES string of the molecule is CCC(C)OC(OC(C)CC1CCCCC1)c1ccc(C(=O)N[C@@H](CCSC)C(=O)OC)c(-c2ccccc2C)c1. The summed E-state index contributed by atoms with van der Waals surface area (Å²) in [7, 11) is 1.35. The molecule has 0 aliphatic heterocycles. The van der Waals surface area contributed by atoms with Crippen LogP contribution in [0.3, 0.4) is 0 Å². The van der Waals surface area contributed by atoms with Crippen molar-refractivity contribution in [2.45, 2.75) is 104 Å². The van der Waals surface area contributed by atoms with Crippen molar-refractivity contribution in [1.29, 1.82) is 0 Å². The number of methoxy groups -OCH3 is 1. The molecular weight excluding hydrogens is 534 g/mol. The highest BCUT2D eigenvalue weighted by molar-refractivity contribution is 7.98. The number of amides is 1. The molecule has 6 nitrogen and oxygen atoms in total. The number of benzene rings is 2. The number of thioether (sulfide) groups is 1. The molecule has 2 aromatic carbocycles. The van der Waals surface area contributed by atoms with Gasteiger partial charge in [-0.15, -0.1) is 0 Å². The maximum atomic E-state index is 13.7. The Morgan fingerprint density at radius 2 is 1.71 bits per heavy atom. The Balaban J connectivity index is 1.96. The monoisotopic (exact) mass is 583 g/mol. The van der Waals surface area contributed by atoms with Gasteiger partial charge in [0.05, 0.1) is 19.3 Å². The van der Waals surface area contributed by atoms with Gasteiger partial charge in [-0.05, 0) is 86.8 Å². The number of carbonyl (C=O) groups excluding carboxylic acids is 2. The van der Waals surface area contributed by atoms with Crippen LogP contribution in [0.5, 0.6) is 0 Å². The van der Waals surface area contributed by atoms with Crippen LogP contribution in [0, 0.1) is 12.8 Å². The number of hydrogen-bond donors (Lipinski definition) is 1. The smallest absolute Gasteiger partial charge is 0.328 e. The summed E-state index contributed by atoms with van der Waals surface area (Å²) in [5.41, 5.74) is 4.17. The zero-order valence-electron chi connectivity index (χ0n) is 25.7. The zero-order chi connectivity index (χ0) is 29.8. The van der Waals surface area contributed by atoms with Crippen LogP contribution >= 0.6 is 11.8 Å². The zero-order valence-corrected chi connectivity index (χ0v) is 26.6. The van der Waals surface area contributed by atoms with Crippen molar-refractivity contribution in [3.05, 3.63) is 59.2 Å². The summed E-state index contributed by atoms with van der Waals surface area (Å²) in [6, 6.07) is 13.1. The van der Waals surface area contributed by atoms with E-state index in [-0.39, 0.29) is 18.1 Å². The molecule has 0 radical (unpaired) electrons. The first-order valence-corrected chi connectivity index (χ1v) is 16.5. The van der Waals surface area contributed by atoms with Gasteiger partial charge in [0.15, 0.2) is 6.29 Å². The van der Waals surface area contributed by atoms with E-state index in [0.717, 1.165) is 40.8 Å². The van der Waals surface area contributed by atoms with Crippen LogP contribution in [0.15, 0.2) is 42.5 Å². The van der Waals surface area contributed by atoms with E-state index in [1.807, 2.05) is 55.6 Å². The van der Waals surface area contributed by atoms with Gasteiger partial charge in [0.2, 0.25) is 0 Å². The molecule has 0 spiro atoms. The van der Waals surface area contributed by atoms with Crippen LogP contribution in [0.1, 0.15) is 99.9 Å². The largest absolute Gasteiger partial charge is 0.467 e. The average molecular weight is 584 g/mol. The summed E-state index contributed by atoms with van der Waals surface area (Å²) in [6.07, 6.45) is 10.4.